The van der Waals surface area contributed by atoms with E-state index in [0.29, 0.717) is 6.54 Å². The lowest BCUT2D eigenvalue weighted by Gasteiger charge is -2.27. The number of carboxylic acid groups (broad SMARTS) is 1. The van der Waals surface area contributed by atoms with Crippen molar-refractivity contribution in [2.75, 3.05) is 11.4 Å². The molecule has 1 rings (SSSR count). The fraction of sp³-hybridized carbons (Fsp3) is 0.462. The van der Waals surface area contributed by atoms with Crippen LogP contribution in [0, 0.1) is 0 Å². The molecule has 0 fully saturated rings. The van der Waals surface area contributed by atoms with E-state index >= 15 is 0 Å². The van der Waals surface area contributed by atoms with Crippen LogP contribution in [-0.2, 0) is 4.74 Å². The lowest BCUT2D eigenvalue weighted by atomic mass is 10.2. The lowest BCUT2D eigenvalue weighted by Crippen LogP contribution is -2.37. The number of aromatic nitrogens is 1. The van der Waals surface area contributed by atoms with Crippen molar-refractivity contribution in [2.24, 2.45) is 0 Å². The first-order valence-electron chi connectivity index (χ1n) is 5.95. The maximum Gasteiger partial charge on any atom is 0.414 e. The zero-order valence-corrected chi connectivity index (χ0v) is 11.5. The van der Waals surface area contributed by atoms with E-state index < -0.39 is 17.7 Å². The van der Waals surface area contributed by atoms with Gasteiger partial charge in [0.25, 0.3) is 0 Å². The van der Waals surface area contributed by atoms with Crippen molar-refractivity contribution in [3.8, 4) is 0 Å². The van der Waals surface area contributed by atoms with Crippen LogP contribution in [0.1, 0.15) is 38.2 Å². The third-order valence-electron chi connectivity index (χ3n) is 2.21. The monoisotopic (exact) mass is 266 g/mol. The molecule has 1 aromatic heterocycles. The maximum absolute atomic E-state index is 12.0. The van der Waals surface area contributed by atoms with Crippen LogP contribution >= 0.6 is 0 Å². The molecule has 104 valence electrons. The molecular formula is C13H18N2O4. The van der Waals surface area contributed by atoms with Gasteiger partial charge in [-0.25, -0.2) is 14.6 Å². The predicted octanol–water partition coefficient (Wildman–Crippen LogP) is 2.54. The van der Waals surface area contributed by atoms with Gasteiger partial charge in [0, 0.05) is 12.7 Å². The van der Waals surface area contributed by atoms with E-state index in [0.717, 1.165) is 0 Å². The third kappa shape index (κ3) is 3.94. The highest BCUT2D eigenvalue weighted by Crippen LogP contribution is 2.21. The largest absolute Gasteiger partial charge is 0.476 e. The Kier molecular flexibility index (Phi) is 4.47. The van der Waals surface area contributed by atoms with Crippen LogP contribution in [0.2, 0.25) is 0 Å². The molecule has 0 aliphatic rings. The van der Waals surface area contributed by atoms with Crippen molar-refractivity contribution in [3.05, 3.63) is 24.0 Å². The molecule has 0 spiro atoms. The molecule has 0 radical (unpaired) electrons. The van der Waals surface area contributed by atoms with Crippen molar-refractivity contribution >= 4 is 17.7 Å². The number of hydrogen-bond donors (Lipinski definition) is 1. The molecule has 6 nitrogen and oxygen atoms in total. The van der Waals surface area contributed by atoms with Gasteiger partial charge in [0.1, 0.15) is 5.60 Å². The Balaban J connectivity index is 3.10. The molecule has 0 atom stereocenters. The molecule has 19 heavy (non-hydrogen) atoms. The molecule has 1 heterocycles. The van der Waals surface area contributed by atoms with Crippen molar-refractivity contribution in [2.45, 2.75) is 33.3 Å². The number of anilines is 1. The summed E-state index contributed by atoms with van der Waals surface area (Å²) in [5.41, 5.74) is -0.585. The van der Waals surface area contributed by atoms with Crippen molar-refractivity contribution in [1.29, 1.82) is 0 Å². The van der Waals surface area contributed by atoms with E-state index in [-0.39, 0.29) is 11.4 Å². The SMILES string of the molecule is CCN(C(=O)OC(C)(C)C)c1cccnc1C(=O)O. The average Bonchev–Trinajstić information content (AvgIpc) is 2.28. The Hall–Kier alpha value is -2.11. The smallest absolute Gasteiger partial charge is 0.414 e. The van der Waals surface area contributed by atoms with Crippen LogP contribution in [0.3, 0.4) is 0 Å². The van der Waals surface area contributed by atoms with Crippen molar-refractivity contribution in [1.82, 2.24) is 4.98 Å². The zero-order chi connectivity index (χ0) is 14.6. The molecule has 0 unspecified atom stereocenters. The summed E-state index contributed by atoms with van der Waals surface area (Å²) >= 11 is 0. The summed E-state index contributed by atoms with van der Waals surface area (Å²) in [6.07, 6.45) is 0.779. The van der Waals surface area contributed by atoms with Gasteiger partial charge < -0.3 is 9.84 Å². The molecule has 6 heteroatoms. The van der Waals surface area contributed by atoms with E-state index in [1.54, 1.807) is 33.8 Å². The van der Waals surface area contributed by atoms with Crippen LogP contribution in [-0.4, -0.2) is 34.3 Å². The molecule has 0 aliphatic carbocycles. The number of rotatable bonds is 3. The molecule has 1 aromatic rings. The first-order valence-corrected chi connectivity index (χ1v) is 5.95. The Morgan fingerprint density at radius 2 is 2.05 bits per heavy atom. The van der Waals surface area contributed by atoms with Gasteiger partial charge in [-0.15, -0.1) is 0 Å². The minimum absolute atomic E-state index is 0.171. The molecule has 0 saturated carbocycles. The molecule has 1 amide bonds. The third-order valence-corrected chi connectivity index (χ3v) is 2.21. The van der Waals surface area contributed by atoms with Gasteiger partial charge >= 0.3 is 12.1 Å². The summed E-state index contributed by atoms with van der Waals surface area (Å²) in [7, 11) is 0. The van der Waals surface area contributed by atoms with Gasteiger partial charge in [0.15, 0.2) is 5.69 Å². The number of nitrogens with zero attached hydrogens (tertiary/aromatic N) is 2. The second-order valence-corrected chi connectivity index (χ2v) is 4.90. The van der Waals surface area contributed by atoms with Crippen LogP contribution in [0.25, 0.3) is 0 Å². The van der Waals surface area contributed by atoms with Gasteiger partial charge in [0.2, 0.25) is 0 Å². The second kappa shape index (κ2) is 5.69. The highest BCUT2D eigenvalue weighted by molar-refractivity contribution is 5.98. The van der Waals surface area contributed by atoms with Crippen LogP contribution in [0.15, 0.2) is 18.3 Å². The van der Waals surface area contributed by atoms with Crippen LogP contribution in [0.5, 0.6) is 0 Å². The number of aromatic carboxylic acids is 1. The van der Waals surface area contributed by atoms with Gasteiger partial charge in [-0.3, -0.25) is 4.90 Å². The Labute approximate surface area is 112 Å². The first-order chi connectivity index (χ1) is 8.76. The van der Waals surface area contributed by atoms with Gasteiger partial charge in [-0.2, -0.15) is 0 Å². The summed E-state index contributed by atoms with van der Waals surface area (Å²) in [6.45, 7) is 7.28. The molecule has 0 aliphatic heterocycles. The molecule has 0 bridgehead atoms. The van der Waals surface area contributed by atoms with Gasteiger partial charge in [-0.05, 0) is 39.8 Å². The van der Waals surface area contributed by atoms with E-state index in [4.69, 9.17) is 9.84 Å². The quantitative estimate of drug-likeness (QED) is 0.909. The normalized spacial score (nSPS) is 10.9. The molecule has 0 saturated heterocycles. The molecular weight excluding hydrogens is 248 g/mol. The molecule has 1 N–H and O–H groups in total. The number of carboxylic acids is 1. The summed E-state index contributed by atoms with van der Waals surface area (Å²) in [5, 5.41) is 9.08. The van der Waals surface area contributed by atoms with Crippen molar-refractivity contribution in [3.63, 3.8) is 0 Å². The summed E-state index contributed by atoms with van der Waals surface area (Å²) in [4.78, 5) is 28.2. The average molecular weight is 266 g/mol. The van der Waals surface area contributed by atoms with Crippen LogP contribution < -0.4 is 4.90 Å². The topological polar surface area (TPSA) is 79.7 Å². The zero-order valence-electron chi connectivity index (χ0n) is 11.5. The Morgan fingerprint density at radius 1 is 1.42 bits per heavy atom. The lowest BCUT2D eigenvalue weighted by molar-refractivity contribution is 0.0582. The van der Waals surface area contributed by atoms with Crippen molar-refractivity contribution < 1.29 is 19.4 Å². The highest BCUT2D eigenvalue weighted by atomic mass is 16.6. The maximum atomic E-state index is 12.0. The van der Waals surface area contributed by atoms with Crippen LogP contribution in [0.4, 0.5) is 10.5 Å². The second-order valence-electron chi connectivity index (χ2n) is 4.90. The summed E-state index contributed by atoms with van der Waals surface area (Å²) in [5.74, 6) is -1.18. The number of carbonyl (C=O) groups excluding carboxylic acids is 1. The fourth-order valence-corrected chi connectivity index (χ4v) is 1.49. The molecule has 0 aromatic carbocycles. The number of carbonyl (C=O) groups is 2. The van der Waals surface area contributed by atoms with E-state index in [9.17, 15) is 9.59 Å². The number of amides is 1. The fourth-order valence-electron chi connectivity index (χ4n) is 1.49. The summed E-state index contributed by atoms with van der Waals surface area (Å²) < 4.78 is 5.25. The van der Waals surface area contributed by atoms with E-state index in [1.807, 2.05) is 0 Å². The number of hydrogen-bond acceptors (Lipinski definition) is 4. The predicted molar refractivity (Wildman–Crippen MR) is 70.5 cm³/mol. The standard InChI is InChI=1S/C13H18N2O4/c1-5-15(12(18)19-13(2,3)4)9-7-6-8-14-10(9)11(16)17/h6-8H,5H2,1-4H3,(H,16,17). The minimum Gasteiger partial charge on any atom is -0.476 e. The van der Waals surface area contributed by atoms with Gasteiger partial charge in [-0.1, -0.05) is 0 Å². The minimum atomic E-state index is -1.18. The Morgan fingerprint density at radius 3 is 2.53 bits per heavy atom. The van der Waals surface area contributed by atoms with E-state index in [2.05, 4.69) is 4.98 Å². The van der Waals surface area contributed by atoms with E-state index in [1.165, 1.54) is 17.2 Å². The Bertz CT molecular complexity index is 480. The summed E-state index contributed by atoms with van der Waals surface area (Å²) in [6, 6.07) is 3.11. The highest BCUT2D eigenvalue weighted by Gasteiger charge is 2.25. The number of pyridine rings is 1. The van der Waals surface area contributed by atoms with Gasteiger partial charge in [0.05, 0.1) is 5.69 Å². The first kappa shape index (κ1) is 14.9. The number of ether oxygens (including phenoxy) is 1.